The predicted molar refractivity (Wildman–Crippen MR) is 53.7 cm³/mol. The van der Waals surface area contributed by atoms with Gasteiger partial charge in [0.25, 0.3) is 0 Å². The van der Waals surface area contributed by atoms with E-state index in [1.54, 1.807) is 0 Å². The quantitative estimate of drug-likeness (QED) is 0.708. The maximum Gasteiger partial charge on any atom is 0.0225 e. The lowest BCUT2D eigenvalue weighted by Crippen LogP contribution is -2.15. The van der Waals surface area contributed by atoms with Crippen molar-refractivity contribution in [3.8, 4) is 0 Å². The number of hydrogen-bond donors (Lipinski definition) is 1. The van der Waals surface area contributed by atoms with Crippen LogP contribution < -0.4 is 5.73 Å². The minimum absolute atomic E-state index is 0.144. The normalized spacial score (nSPS) is 14.4. The molecule has 1 heteroatoms. The van der Waals surface area contributed by atoms with Gasteiger partial charge in [0.2, 0.25) is 0 Å². The summed E-state index contributed by atoms with van der Waals surface area (Å²) in [5.41, 5.74) is 8.14. The molecule has 0 saturated carbocycles. The van der Waals surface area contributed by atoms with Crippen LogP contribution in [-0.2, 0) is 0 Å². The van der Waals surface area contributed by atoms with Gasteiger partial charge in [-0.05, 0) is 19.4 Å². The Kier molecular flexibility index (Phi) is 3.06. The van der Waals surface area contributed by atoms with Gasteiger partial charge in [-0.1, -0.05) is 42.0 Å². The molecule has 0 radical (unpaired) electrons. The Hall–Kier alpha value is -1.08. The molecule has 1 aromatic rings. The van der Waals surface area contributed by atoms with E-state index in [0.717, 1.165) is 0 Å². The van der Waals surface area contributed by atoms with Crippen LogP contribution in [0, 0.1) is 0 Å². The fourth-order valence-corrected chi connectivity index (χ4v) is 0.944. The van der Waals surface area contributed by atoms with Gasteiger partial charge in [-0.3, -0.25) is 0 Å². The fourth-order valence-electron chi connectivity index (χ4n) is 0.944. The van der Waals surface area contributed by atoms with Crippen molar-refractivity contribution in [2.45, 2.75) is 19.9 Å². The van der Waals surface area contributed by atoms with E-state index in [-0.39, 0.29) is 6.04 Å². The molecule has 1 unspecified atom stereocenters. The van der Waals surface area contributed by atoms with Gasteiger partial charge >= 0.3 is 0 Å². The van der Waals surface area contributed by atoms with Crippen LogP contribution in [0.5, 0.6) is 0 Å². The SMILES string of the molecule is C/C(=C\c1ccccc1)C(C)N. The van der Waals surface area contributed by atoms with Crippen LogP contribution in [0.4, 0.5) is 0 Å². The number of benzene rings is 1. The summed E-state index contributed by atoms with van der Waals surface area (Å²) in [5.74, 6) is 0. The third-order valence-corrected chi connectivity index (χ3v) is 1.91. The molecule has 1 nitrogen and oxygen atoms in total. The van der Waals surface area contributed by atoms with Crippen molar-refractivity contribution in [3.63, 3.8) is 0 Å². The van der Waals surface area contributed by atoms with Gasteiger partial charge in [-0.2, -0.15) is 0 Å². The summed E-state index contributed by atoms with van der Waals surface area (Å²) in [6.45, 7) is 4.05. The molecule has 0 bridgehead atoms. The van der Waals surface area contributed by atoms with Crippen LogP contribution >= 0.6 is 0 Å². The zero-order valence-corrected chi connectivity index (χ0v) is 7.62. The molecular weight excluding hydrogens is 146 g/mol. The maximum absolute atomic E-state index is 5.72. The van der Waals surface area contributed by atoms with E-state index in [4.69, 9.17) is 5.73 Å². The second-order valence-electron chi connectivity index (χ2n) is 3.09. The van der Waals surface area contributed by atoms with Crippen LogP contribution in [0.25, 0.3) is 6.08 Å². The van der Waals surface area contributed by atoms with Crippen LogP contribution in [-0.4, -0.2) is 6.04 Å². The predicted octanol–water partition coefficient (Wildman–Crippen LogP) is 2.44. The molecule has 0 amide bonds. The van der Waals surface area contributed by atoms with Gasteiger partial charge in [0, 0.05) is 6.04 Å². The van der Waals surface area contributed by atoms with E-state index in [0.29, 0.717) is 0 Å². The Morgan fingerprint density at radius 2 is 1.92 bits per heavy atom. The number of nitrogens with two attached hydrogens (primary N) is 1. The Morgan fingerprint density at radius 1 is 1.33 bits per heavy atom. The van der Waals surface area contributed by atoms with E-state index in [2.05, 4.69) is 25.1 Å². The van der Waals surface area contributed by atoms with Crippen LogP contribution in [0.3, 0.4) is 0 Å². The number of rotatable bonds is 2. The third-order valence-electron chi connectivity index (χ3n) is 1.91. The van der Waals surface area contributed by atoms with Crippen molar-refractivity contribution in [1.29, 1.82) is 0 Å². The molecular formula is C11H15N. The summed E-state index contributed by atoms with van der Waals surface area (Å²) in [7, 11) is 0. The van der Waals surface area contributed by atoms with E-state index in [9.17, 15) is 0 Å². The van der Waals surface area contributed by atoms with Gasteiger partial charge in [-0.15, -0.1) is 0 Å². The molecule has 0 aliphatic rings. The molecule has 0 heterocycles. The van der Waals surface area contributed by atoms with Crippen molar-refractivity contribution in [2.24, 2.45) is 5.73 Å². The summed E-state index contributed by atoms with van der Waals surface area (Å²) in [6, 6.07) is 10.4. The largest absolute Gasteiger partial charge is 0.324 e. The molecule has 0 aliphatic heterocycles. The third kappa shape index (κ3) is 2.51. The number of hydrogen-bond acceptors (Lipinski definition) is 1. The van der Waals surface area contributed by atoms with Gasteiger partial charge < -0.3 is 5.73 Å². The van der Waals surface area contributed by atoms with Gasteiger partial charge in [-0.25, -0.2) is 0 Å². The smallest absolute Gasteiger partial charge is 0.0225 e. The summed E-state index contributed by atoms with van der Waals surface area (Å²) in [5, 5.41) is 0. The lowest BCUT2D eigenvalue weighted by molar-refractivity contribution is 0.868. The van der Waals surface area contributed by atoms with Crippen LogP contribution in [0.1, 0.15) is 19.4 Å². The first-order valence-electron chi connectivity index (χ1n) is 4.19. The molecule has 64 valence electrons. The molecule has 12 heavy (non-hydrogen) atoms. The Bertz CT molecular complexity index is 260. The van der Waals surface area contributed by atoms with Gasteiger partial charge in [0.1, 0.15) is 0 Å². The van der Waals surface area contributed by atoms with Gasteiger partial charge in [0.05, 0.1) is 0 Å². The lowest BCUT2D eigenvalue weighted by Gasteiger charge is -2.04. The monoisotopic (exact) mass is 161 g/mol. The Morgan fingerprint density at radius 3 is 2.42 bits per heavy atom. The Labute approximate surface area is 73.9 Å². The summed E-state index contributed by atoms with van der Waals surface area (Å²) in [6.07, 6.45) is 2.12. The molecule has 2 N–H and O–H groups in total. The van der Waals surface area contributed by atoms with Crippen LogP contribution in [0.2, 0.25) is 0 Å². The van der Waals surface area contributed by atoms with Crippen molar-refractivity contribution >= 4 is 6.08 Å². The summed E-state index contributed by atoms with van der Waals surface area (Å²) >= 11 is 0. The van der Waals surface area contributed by atoms with Gasteiger partial charge in [0.15, 0.2) is 0 Å². The molecule has 1 atom stereocenters. The highest BCUT2D eigenvalue weighted by molar-refractivity contribution is 5.52. The first-order valence-corrected chi connectivity index (χ1v) is 4.19. The second kappa shape index (κ2) is 4.07. The summed E-state index contributed by atoms with van der Waals surface area (Å²) < 4.78 is 0. The van der Waals surface area contributed by atoms with Crippen molar-refractivity contribution < 1.29 is 0 Å². The zero-order chi connectivity index (χ0) is 8.97. The fraction of sp³-hybridized carbons (Fsp3) is 0.273. The second-order valence-corrected chi connectivity index (χ2v) is 3.09. The molecule has 0 fully saturated rings. The Balaban J connectivity index is 2.81. The maximum atomic E-state index is 5.72. The average Bonchev–Trinajstić information content (AvgIpc) is 2.06. The van der Waals surface area contributed by atoms with Crippen molar-refractivity contribution in [2.75, 3.05) is 0 Å². The van der Waals surface area contributed by atoms with Crippen molar-refractivity contribution in [3.05, 3.63) is 41.5 Å². The van der Waals surface area contributed by atoms with E-state index in [1.807, 2.05) is 25.1 Å². The average molecular weight is 161 g/mol. The molecule has 0 aliphatic carbocycles. The van der Waals surface area contributed by atoms with E-state index in [1.165, 1.54) is 11.1 Å². The minimum atomic E-state index is 0.144. The highest BCUT2D eigenvalue weighted by Crippen LogP contribution is 2.07. The molecule has 1 rings (SSSR count). The lowest BCUT2D eigenvalue weighted by atomic mass is 10.1. The molecule has 0 spiro atoms. The zero-order valence-electron chi connectivity index (χ0n) is 7.62. The first-order chi connectivity index (χ1) is 5.70. The standard InChI is InChI=1S/C11H15N/c1-9(10(2)12)8-11-6-4-3-5-7-11/h3-8,10H,12H2,1-2H3/b9-8+. The highest BCUT2D eigenvalue weighted by atomic mass is 14.6. The van der Waals surface area contributed by atoms with E-state index >= 15 is 0 Å². The topological polar surface area (TPSA) is 26.0 Å². The minimum Gasteiger partial charge on any atom is -0.324 e. The summed E-state index contributed by atoms with van der Waals surface area (Å²) in [4.78, 5) is 0. The van der Waals surface area contributed by atoms with E-state index < -0.39 is 0 Å². The highest BCUT2D eigenvalue weighted by Gasteiger charge is 1.95. The molecule has 0 aromatic heterocycles. The molecule has 1 aromatic carbocycles. The van der Waals surface area contributed by atoms with Crippen LogP contribution in [0.15, 0.2) is 35.9 Å². The first kappa shape index (κ1) is 9.01. The molecule has 0 saturated heterocycles. The van der Waals surface area contributed by atoms with Crippen molar-refractivity contribution in [1.82, 2.24) is 0 Å².